The fourth-order valence-corrected chi connectivity index (χ4v) is 2.70. The van der Waals surface area contributed by atoms with E-state index in [0.717, 1.165) is 27.7 Å². The Labute approximate surface area is 141 Å². The van der Waals surface area contributed by atoms with Gasteiger partial charge in [-0.1, -0.05) is 24.3 Å². The number of ether oxygens (including phenoxy) is 1. The van der Waals surface area contributed by atoms with Crippen LogP contribution in [-0.2, 0) is 16.0 Å². The monoisotopic (exact) mass is 322 g/mol. The lowest BCUT2D eigenvalue weighted by atomic mass is 10.0. The Morgan fingerprint density at radius 2 is 1.88 bits per heavy atom. The molecule has 4 heteroatoms. The number of nitrogens with one attached hydrogen (secondary N) is 1. The van der Waals surface area contributed by atoms with Gasteiger partial charge in [-0.2, -0.15) is 0 Å². The largest absolute Gasteiger partial charge is 0.460 e. The molecule has 0 aliphatic carbocycles. The third-order valence-corrected chi connectivity index (χ3v) is 3.76. The molecule has 0 aliphatic heterocycles. The summed E-state index contributed by atoms with van der Waals surface area (Å²) in [6.45, 7) is 5.66. The van der Waals surface area contributed by atoms with E-state index in [-0.39, 0.29) is 5.97 Å². The molecule has 0 atom stereocenters. The minimum atomic E-state index is -0.426. The normalized spacial score (nSPS) is 11.6. The maximum Gasteiger partial charge on any atom is 0.306 e. The molecule has 2 heterocycles. The Hall–Kier alpha value is -2.62. The van der Waals surface area contributed by atoms with Crippen LogP contribution < -0.4 is 0 Å². The van der Waals surface area contributed by atoms with Gasteiger partial charge in [-0.15, -0.1) is 0 Å². The third-order valence-electron chi connectivity index (χ3n) is 3.76. The molecule has 0 amide bonds. The highest BCUT2D eigenvalue weighted by molar-refractivity contribution is 5.92. The van der Waals surface area contributed by atoms with Crippen molar-refractivity contribution in [3.05, 3.63) is 54.4 Å². The quantitative estimate of drug-likeness (QED) is 0.719. The lowest BCUT2D eigenvalue weighted by Gasteiger charge is -2.19. The van der Waals surface area contributed by atoms with Gasteiger partial charge in [-0.25, -0.2) is 4.98 Å². The van der Waals surface area contributed by atoms with Crippen LogP contribution in [-0.4, -0.2) is 21.5 Å². The highest BCUT2D eigenvalue weighted by Crippen LogP contribution is 2.27. The number of pyridine rings is 1. The second-order valence-electron chi connectivity index (χ2n) is 6.88. The predicted octanol–water partition coefficient (Wildman–Crippen LogP) is 4.50. The third kappa shape index (κ3) is 3.82. The molecule has 0 saturated carbocycles. The molecule has 3 aromatic rings. The number of benzene rings is 1. The molecule has 0 aliphatic rings. The van der Waals surface area contributed by atoms with Gasteiger partial charge in [-0.3, -0.25) is 4.79 Å². The van der Waals surface area contributed by atoms with E-state index in [1.807, 2.05) is 45.3 Å². The van der Waals surface area contributed by atoms with E-state index >= 15 is 0 Å². The Morgan fingerprint density at radius 1 is 1.12 bits per heavy atom. The number of esters is 1. The number of aryl methyl sites for hydroxylation is 1. The lowest BCUT2D eigenvalue weighted by molar-refractivity contribution is -0.154. The van der Waals surface area contributed by atoms with Crippen LogP contribution in [0, 0.1) is 0 Å². The molecular weight excluding hydrogens is 300 g/mol. The van der Waals surface area contributed by atoms with Gasteiger partial charge >= 0.3 is 5.97 Å². The zero-order chi connectivity index (χ0) is 17.2. The maximum atomic E-state index is 11.8. The number of H-pyrrole nitrogens is 1. The SMILES string of the molecule is CC(C)(C)OC(=O)CCc1ccc(-c2ccnc3[nH]ccc23)cc1. The summed E-state index contributed by atoms with van der Waals surface area (Å²) in [7, 11) is 0. The van der Waals surface area contributed by atoms with Crippen LogP contribution in [0.3, 0.4) is 0 Å². The van der Waals surface area contributed by atoms with Gasteiger partial charge < -0.3 is 9.72 Å². The minimum Gasteiger partial charge on any atom is -0.460 e. The van der Waals surface area contributed by atoms with Crippen molar-refractivity contribution in [2.75, 3.05) is 0 Å². The average Bonchev–Trinajstić information content (AvgIpc) is 3.00. The van der Waals surface area contributed by atoms with Gasteiger partial charge in [-0.05, 0) is 56.0 Å². The lowest BCUT2D eigenvalue weighted by Crippen LogP contribution is -2.23. The highest BCUT2D eigenvalue weighted by Gasteiger charge is 2.15. The first-order valence-electron chi connectivity index (χ1n) is 8.16. The number of hydrogen-bond acceptors (Lipinski definition) is 3. The van der Waals surface area contributed by atoms with E-state index < -0.39 is 5.60 Å². The van der Waals surface area contributed by atoms with Crippen LogP contribution in [0.25, 0.3) is 22.2 Å². The highest BCUT2D eigenvalue weighted by atomic mass is 16.6. The van der Waals surface area contributed by atoms with Gasteiger partial charge in [0.1, 0.15) is 11.2 Å². The Bertz CT molecular complexity index is 842. The molecule has 124 valence electrons. The number of hydrogen-bond donors (Lipinski definition) is 1. The fourth-order valence-electron chi connectivity index (χ4n) is 2.70. The van der Waals surface area contributed by atoms with Crippen LogP contribution in [0.5, 0.6) is 0 Å². The van der Waals surface area contributed by atoms with Gasteiger partial charge in [0.25, 0.3) is 0 Å². The second-order valence-corrected chi connectivity index (χ2v) is 6.88. The number of aromatic amines is 1. The molecule has 3 rings (SSSR count). The van der Waals surface area contributed by atoms with Crippen LogP contribution in [0.4, 0.5) is 0 Å². The van der Waals surface area contributed by atoms with Crippen LogP contribution >= 0.6 is 0 Å². The fraction of sp³-hybridized carbons (Fsp3) is 0.300. The number of carbonyl (C=O) groups is 1. The van der Waals surface area contributed by atoms with E-state index in [4.69, 9.17) is 4.74 Å². The number of carbonyl (C=O) groups excluding carboxylic acids is 1. The molecule has 0 spiro atoms. The van der Waals surface area contributed by atoms with Crippen molar-refractivity contribution in [3.8, 4) is 11.1 Å². The standard InChI is InChI=1S/C20H22N2O2/c1-20(2,3)24-18(23)9-6-14-4-7-15(8-5-14)16-10-12-21-19-17(16)11-13-22-19/h4-5,7-8,10-13H,6,9H2,1-3H3,(H,21,22). The average molecular weight is 322 g/mol. The molecule has 0 bridgehead atoms. The van der Waals surface area contributed by atoms with Crippen molar-refractivity contribution >= 4 is 17.0 Å². The van der Waals surface area contributed by atoms with Gasteiger partial charge in [0.15, 0.2) is 0 Å². The molecule has 0 fully saturated rings. The summed E-state index contributed by atoms with van der Waals surface area (Å²) in [5.41, 5.74) is 3.89. The van der Waals surface area contributed by atoms with Crippen LogP contribution in [0.15, 0.2) is 48.8 Å². The molecule has 2 aromatic heterocycles. The molecular formula is C20H22N2O2. The van der Waals surface area contributed by atoms with Gasteiger partial charge in [0.05, 0.1) is 0 Å². The van der Waals surface area contributed by atoms with E-state index in [1.54, 1.807) is 0 Å². The number of nitrogens with zero attached hydrogens (tertiary/aromatic N) is 1. The van der Waals surface area contributed by atoms with E-state index in [1.165, 1.54) is 0 Å². The van der Waals surface area contributed by atoms with Crippen LogP contribution in [0.1, 0.15) is 32.8 Å². The summed E-state index contributed by atoms with van der Waals surface area (Å²) < 4.78 is 5.34. The topological polar surface area (TPSA) is 55.0 Å². The van der Waals surface area contributed by atoms with Crippen LogP contribution in [0.2, 0.25) is 0 Å². The molecule has 1 aromatic carbocycles. The molecule has 4 nitrogen and oxygen atoms in total. The summed E-state index contributed by atoms with van der Waals surface area (Å²) in [5, 5.41) is 1.11. The summed E-state index contributed by atoms with van der Waals surface area (Å²) in [4.78, 5) is 19.3. The second kappa shape index (κ2) is 6.48. The van der Waals surface area contributed by atoms with E-state index in [0.29, 0.717) is 12.8 Å². The molecule has 24 heavy (non-hydrogen) atoms. The van der Waals surface area contributed by atoms with Crippen molar-refractivity contribution in [3.63, 3.8) is 0 Å². The number of fused-ring (bicyclic) bond motifs is 1. The zero-order valence-corrected chi connectivity index (χ0v) is 14.3. The summed E-state index contributed by atoms with van der Waals surface area (Å²) in [5.74, 6) is -0.158. The first-order chi connectivity index (χ1) is 11.4. The smallest absolute Gasteiger partial charge is 0.306 e. The summed E-state index contributed by atoms with van der Waals surface area (Å²) in [6, 6.07) is 12.4. The Balaban J connectivity index is 1.70. The Morgan fingerprint density at radius 3 is 2.58 bits per heavy atom. The molecule has 0 saturated heterocycles. The first-order valence-corrected chi connectivity index (χ1v) is 8.16. The zero-order valence-electron chi connectivity index (χ0n) is 14.3. The van der Waals surface area contributed by atoms with Gasteiger partial charge in [0, 0.05) is 24.2 Å². The van der Waals surface area contributed by atoms with Crippen molar-refractivity contribution in [2.45, 2.75) is 39.2 Å². The summed E-state index contributed by atoms with van der Waals surface area (Å²) >= 11 is 0. The predicted molar refractivity (Wildman–Crippen MR) is 95.7 cm³/mol. The first kappa shape index (κ1) is 16.2. The summed E-state index contributed by atoms with van der Waals surface area (Å²) in [6.07, 6.45) is 4.79. The van der Waals surface area contributed by atoms with E-state index in [9.17, 15) is 4.79 Å². The number of rotatable bonds is 4. The Kier molecular flexibility index (Phi) is 4.38. The maximum absolute atomic E-state index is 11.8. The van der Waals surface area contributed by atoms with Crippen molar-refractivity contribution < 1.29 is 9.53 Å². The molecule has 0 unspecified atom stereocenters. The van der Waals surface area contributed by atoms with Gasteiger partial charge in [0.2, 0.25) is 0 Å². The molecule has 0 radical (unpaired) electrons. The van der Waals surface area contributed by atoms with Crippen molar-refractivity contribution in [1.82, 2.24) is 9.97 Å². The van der Waals surface area contributed by atoms with Crippen molar-refractivity contribution in [1.29, 1.82) is 0 Å². The van der Waals surface area contributed by atoms with Crippen molar-refractivity contribution in [2.24, 2.45) is 0 Å². The minimum absolute atomic E-state index is 0.158. The molecule has 1 N–H and O–H groups in total. The van der Waals surface area contributed by atoms with E-state index in [2.05, 4.69) is 34.2 Å². The number of aromatic nitrogens is 2.